The van der Waals surface area contributed by atoms with Crippen LogP contribution >= 0.6 is 11.6 Å². The number of rotatable bonds is 2. The van der Waals surface area contributed by atoms with E-state index in [-0.39, 0.29) is 0 Å². The highest BCUT2D eigenvalue weighted by Gasteiger charge is 2.13. The molecule has 0 N–H and O–H groups in total. The summed E-state index contributed by atoms with van der Waals surface area (Å²) in [5.41, 5.74) is 3.57. The number of benzene rings is 3. The average Bonchev–Trinajstić information content (AvgIpc) is 2.47. The average molecular weight is 283 g/mol. The quantitative estimate of drug-likeness (QED) is 0.605. The molecule has 0 aliphatic carbocycles. The second-order valence-corrected chi connectivity index (χ2v) is 5.21. The topological polar surface area (TPSA) is 9.23 Å². The molecule has 0 aliphatic rings. The van der Waals surface area contributed by atoms with Gasteiger partial charge in [0.15, 0.2) is 0 Å². The van der Waals surface area contributed by atoms with Crippen molar-refractivity contribution in [1.29, 1.82) is 0 Å². The highest BCUT2D eigenvalue weighted by atomic mass is 35.5. The molecule has 3 rings (SSSR count). The fraction of sp³-hybridized carbons (Fsp3) is 0.111. The van der Waals surface area contributed by atoms with Gasteiger partial charge in [-0.15, -0.1) is 0 Å². The molecular formula is C18H15ClO. The Balaban J connectivity index is 2.44. The van der Waals surface area contributed by atoms with E-state index in [0.717, 1.165) is 21.5 Å². The molecule has 20 heavy (non-hydrogen) atoms. The molecule has 2 heteroatoms. The lowest BCUT2D eigenvalue weighted by Gasteiger charge is -2.14. The van der Waals surface area contributed by atoms with Gasteiger partial charge in [0, 0.05) is 5.39 Å². The predicted octanol–water partition coefficient (Wildman–Crippen LogP) is 5.48. The van der Waals surface area contributed by atoms with E-state index in [0.29, 0.717) is 0 Å². The lowest BCUT2D eigenvalue weighted by molar-refractivity contribution is 0.420. The minimum Gasteiger partial charge on any atom is -0.496 e. The first-order valence-electron chi connectivity index (χ1n) is 6.53. The van der Waals surface area contributed by atoms with Gasteiger partial charge in [0.1, 0.15) is 5.75 Å². The Bertz CT molecular complexity index is 763. The molecule has 0 amide bonds. The van der Waals surface area contributed by atoms with Crippen molar-refractivity contribution in [2.45, 2.75) is 6.92 Å². The fourth-order valence-corrected chi connectivity index (χ4v) is 3.05. The molecule has 0 bridgehead atoms. The molecule has 3 aromatic carbocycles. The normalized spacial score (nSPS) is 10.8. The van der Waals surface area contributed by atoms with Gasteiger partial charge >= 0.3 is 0 Å². The summed E-state index contributed by atoms with van der Waals surface area (Å²) in [4.78, 5) is 0. The number of fused-ring (bicyclic) bond motifs is 1. The minimum atomic E-state index is 0.731. The third-order valence-electron chi connectivity index (χ3n) is 3.55. The summed E-state index contributed by atoms with van der Waals surface area (Å²) in [6.07, 6.45) is 0. The first kappa shape index (κ1) is 13.0. The first-order chi connectivity index (χ1) is 9.72. The highest BCUT2D eigenvalue weighted by molar-refractivity contribution is 6.37. The summed E-state index contributed by atoms with van der Waals surface area (Å²) in [5, 5.41) is 2.83. The lowest BCUT2D eigenvalue weighted by Crippen LogP contribution is -1.91. The van der Waals surface area contributed by atoms with Crippen molar-refractivity contribution in [2.24, 2.45) is 0 Å². The molecule has 0 radical (unpaired) electrons. The molecule has 0 fully saturated rings. The van der Waals surface area contributed by atoms with Crippen LogP contribution in [0.15, 0.2) is 54.6 Å². The largest absolute Gasteiger partial charge is 0.496 e. The molecule has 1 nitrogen and oxygen atoms in total. The first-order valence-corrected chi connectivity index (χ1v) is 6.91. The highest BCUT2D eigenvalue weighted by Crippen LogP contribution is 2.40. The second-order valence-electron chi connectivity index (χ2n) is 4.80. The zero-order valence-electron chi connectivity index (χ0n) is 11.5. The van der Waals surface area contributed by atoms with Crippen LogP contribution in [0.5, 0.6) is 5.75 Å². The van der Waals surface area contributed by atoms with Gasteiger partial charge in [0.25, 0.3) is 0 Å². The van der Waals surface area contributed by atoms with Gasteiger partial charge in [-0.2, -0.15) is 0 Å². The monoisotopic (exact) mass is 282 g/mol. The van der Waals surface area contributed by atoms with Crippen molar-refractivity contribution in [3.8, 4) is 16.9 Å². The second kappa shape index (κ2) is 5.18. The van der Waals surface area contributed by atoms with Gasteiger partial charge in [0.05, 0.1) is 12.1 Å². The van der Waals surface area contributed by atoms with Gasteiger partial charge in [-0.05, 0) is 41.1 Å². The third-order valence-corrected chi connectivity index (χ3v) is 3.85. The van der Waals surface area contributed by atoms with Crippen molar-refractivity contribution >= 4 is 22.4 Å². The van der Waals surface area contributed by atoms with Crippen LogP contribution in [0, 0.1) is 6.92 Å². The van der Waals surface area contributed by atoms with Crippen LogP contribution in [0.1, 0.15) is 5.56 Å². The maximum Gasteiger partial charge on any atom is 0.128 e. The summed E-state index contributed by atoms with van der Waals surface area (Å²) >= 11 is 6.43. The van der Waals surface area contributed by atoms with E-state index in [1.807, 2.05) is 24.3 Å². The summed E-state index contributed by atoms with van der Waals surface area (Å²) < 4.78 is 5.45. The summed E-state index contributed by atoms with van der Waals surface area (Å²) in [7, 11) is 1.67. The Labute approximate surface area is 123 Å². The van der Waals surface area contributed by atoms with Crippen LogP contribution in [0.4, 0.5) is 0 Å². The van der Waals surface area contributed by atoms with Crippen LogP contribution < -0.4 is 4.74 Å². The molecular weight excluding hydrogens is 268 g/mol. The number of hydrogen-bond donors (Lipinski definition) is 0. The van der Waals surface area contributed by atoms with E-state index in [2.05, 4.69) is 37.3 Å². The third kappa shape index (κ3) is 2.04. The Morgan fingerprint density at radius 1 is 0.950 bits per heavy atom. The molecule has 0 saturated carbocycles. The molecule has 0 unspecified atom stereocenters. The smallest absolute Gasteiger partial charge is 0.128 e. The van der Waals surface area contributed by atoms with Gasteiger partial charge < -0.3 is 4.74 Å². The summed E-state index contributed by atoms with van der Waals surface area (Å²) in [5.74, 6) is 0.810. The Morgan fingerprint density at radius 3 is 2.40 bits per heavy atom. The van der Waals surface area contributed by atoms with Crippen LogP contribution in [0.3, 0.4) is 0 Å². The van der Waals surface area contributed by atoms with Crippen molar-refractivity contribution < 1.29 is 4.74 Å². The maximum atomic E-state index is 6.43. The van der Waals surface area contributed by atoms with Crippen LogP contribution in [0.2, 0.25) is 5.02 Å². The van der Waals surface area contributed by atoms with Crippen molar-refractivity contribution in [1.82, 2.24) is 0 Å². The van der Waals surface area contributed by atoms with Crippen molar-refractivity contribution in [2.75, 3.05) is 7.11 Å². The minimum absolute atomic E-state index is 0.731. The van der Waals surface area contributed by atoms with Crippen LogP contribution in [0.25, 0.3) is 21.9 Å². The van der Waals surface area contributed by atoms with E-state index in [1.165, 1.54) is 16.7 Å². The Hall–Kier alpha value is -1.99. The zero-order valence-corrected chi connectivity index (χ0v) is 12.2. The molecule has 3 aromatic rings. The van der Waals surface area contributed by atoms with E-state index in [1.54, 1.807) is 7.11 Å². The fourth-order valence-electron chi connectivity index (χ4n) is 2.69. The van der Waals surface area contributed by atoms with Crippen LogP contribution in [-0.2, 0) is 0 Å². The summed E-state index contributed by atoms with van der Waals surface area (Å²) in [6, 6.07) is 18.4. The van der Waals surface area contributed by atoms with E-state index in [9.17, 15) is 0 Å². The molecule has 0 aliphatic heterocycles. The molecule has 0 saturated heterocycles. The van der Waals surface area contributed by atoms with Gasteiger partial charge in [-0.3, -0.25) is 0 Å². The van der Waals surface area contributed by atoms with Gasteiger partial charge in [-0.25, -0.2) is 0 Å². The van der Waals surface area contributed by atoms with Gasteiger partial charge in [0.2, 0.25) is 0 Å². The zero-order chi connectivity index (χ0) is 14.1. The van der Waals surface area contributed by atoms with Crippen molar-refractivity contribution in [3.05, 3.63) is 65.2 Å². The number of ether oxygens (including phenoxy) is 1. The number of methoxy groups -OCH3 is 1. The molecule has 0 aromatic heterocycles. The lowest BCUT2D eigenvalue weighted by atomic mass is 9.93. The van der Waals surface area contributed by atoms with Crippen LogP contribution in [-0.4, -0.2) is 7.11 Å². The molecule has 0 atom stereocenters. The molecule has 100 valence electrons. The van der Waals surface area contributed by atoms with Crippen molar-refractivity contribution in [3.63, 3.8) is 0 Å². The molecule has 0 heterocycles. The van der Waals surface area contributed by atoms with E-state index >= 15 is 0 Å². The Morgan fingerprint density at radius 2 is 1.70 bits per heavy atom. The number of hydrogen-bond acceptors (Lipinski definition) is 1. The van der Waals surface area contributed by atoms with E-state index < -0.39 is 0 Å². The SMILES string of the molecule is COc1cccc2c(-c3ccccc3)c(C)cc(Cl)c12. The van der Waals surface area contributed by atoms with Gasteiger partial charge in [-0.1, -0.05) is 54.1 Å². The predicted molar refractivity (Wildman–Crippen MR) is 85.7 cm³/mol. The Kier molecular flexibility index (Phi) is 3.37. The number of halogens is 1. The van der Waals surface area contributed by atoms with E-state index in [4.69, 9.17) is 16.3 Å². The molecule has 0 spiro atoms. The number of aryl methyl sites for hydroxylation is 1. The summed E-state index contributed by atoms with van der Waals surface area (Å²) in [6.45, 7) is 2.09. The standard InChI is InChI=1S/C18H15ClO/c1-12-11-15(19)18-14(9-6-10-16(18)20-2)17(12)13-7-4-3-5-8-13/h3-11H,1-2H3. The maximum absolute atomic E-state index is 6.43.